The molecule has 0 aromatic rings. The number of ether oxygens (including phenoxy) is 1. The standard InChI is InChI=1S/C13H19NO2S/c1-8(2)17-9(7-14)6-10-11(12(15)16-5)13(10,3)4/h6,8,10-11H,1-5H3/b9-6-/t10-,11+/m1/s1. The highest BCUT2D eigenvalue weighted by molar-refractivity contribution is 8.03. The summed E-state index contributed by atoms with van der Waals surface area (Å²) >= 11 is 1.54. The molecule has 0 heterocycles. The van der Waals surface area contributed by atoms with Gasteiger partial charge in [-0.1, -0.05) is 33.8 Å². The van der Waals surface area contributed by atoms with E-state index in [-0.39, 0.29) is 23.2 Å². The molecule has 1 aliphatic carbocycles. The lowest BCUT2D eigenvalue weighted by Gasteiger charge is -2.02. The zero-order valence-corrected chi connectivity index (χ0v) is 11.8. The molecule has 1 aliphatic rings. The molecular weight excluding hydrogens is 234 g/mol. The molecule has 0 aromatic heterocycles. The van der Waals surface area contributed by atoms with E-state index in [2.05, 4.69) is 6.07 Å². The van der Waals surface area contributed by atoms with Gasteiger partial charge in [-0.2, -0.15) is 5.26 Å². The lowest BCUT2D eigenvalue weighted by molar-refractivity contribution is -0.143. The van der Waals surface area contributed by atoms with Gasteiger partial charge in [-0.25, -0.2) is 0 Å². The molecule has 0 saturated heterocycles. The Morgan fingerprint density at radius 2 is 2.12 bits per heavy atom. The minimum absolute atomic E-state index is 0.0905. The molecule has 4 heteroatoms. The number of allylic oxidation sites excluding steroid dienone is 2. The maximum Gasteiger partial charge on any atom is 0.309 e. The molecule has 3 nitrogen and oxygen atoms in total. The quantitative estimate of drug-likeness (QED) is 0.571. The van der Waals surface area contributed by atoms with Gasteiger partial charge in [0.1, 0.15) is 6.07 Å². The van der Waals surface area contributed by atoms with Crippen LogP contribution in [-0.2, 0) is 9.53 Å². The van der Waals surface area contributed by atoms with Crippen molar-refractivity contribution >= 4 is 17.7 Å². The maximum absolute atomic E-state index is 11.6. The number of carbonyl (C=O) groups excluding carboxylic acids is 1. The maximum atomic E-state index is 11.6. The number of hydrogen-bond donors (Lipinski definition) is 0. The van der Waals surface area contributed by atoms with Crippen LogP contribution in [0.15, 0.2) is 11.0 Å². The van der Waals surface area contributed by atoms with Crippen LogP contribution in [0.25, 0.3) is 0 Å². The average molecular weight is 253 g/mol. The summed E-state index contributed by atoms with van der Waals surface area (Å²) in [6.07, 6.45) is 1.92. The number of esters is 1. The Morgan fingerprint density at radius 1 is 1.53 bits per heavy atom. The van der Waals surface area contributed by atoms with Crippen molar-refractivity contribution in [3.8, 4) is 6.07 Å². The van der Waals surface area contributed by atoms with E-state index >= 15 is 0 Å². The highest BCUT2D eigenvalue weighted by Crippen LogP contribution is 2.60. The predicted molar refractivity (Wildman–Crippen MR) is 69.2 cm³/mol. The second-order valence-electron chi connectivity index (χ2n) is 5.16. The molecule has 17 heavy (non-hydrogen) atoms. The van der Waals surface area contributed by atoms with Crippen LogP contribution in [0.1, 0.15) is 27.7 Å². The summed E-state index contributed by atoms with van der Waals surface area (Å²) in [5.41, 5.74) is -0.0905. The minimum atomic E-state index is -0.178. The number of nitrogens with zero attached hydrogens (tertiary/aromatic N) is 1. The first-order chi connectivity index (χ1) is 7.84. The molecule has 0 bridgehead atoms. The first kappa shape index (κ1) is 14.1. The number of thioether (sulfide) groups is 1. The average Bonchev–Trinajstić information content (AvgIpc) is 2.77. The minimum Gasteiger partial charge on any atom is -0.469 e. The Labute approximate surface area is 107 Å². The van der Waals surface area contributed by atoms with Gasteiger partial charge < -0.3 is 4.74 Å². The van der Waals surface area contributed by atoms with E-state index < -0.39 is 0 Å². The molecule has 0 N–H and O–H groups in total. The smallest absolute Gasteiger partial charge is 0.309 e. The van der Waals surface area contributed by atoms with Crippen LogP contribution < -0.4 is 0 Å². The SMILES string of the molecule is COC(=O)[C@@H]1[C@@H](/C=C(/C#N)SC(C)C)C1(C)C. The van der Waals surface area contributed by atoms with Gasteiger partial charge in [0.2, 0.25) is 0 Å². The Kier molecular flexibility index (Phi) is 4.26. The topological polar surface area (TPSA) is 50.1 Å². The van der Waals surface area contributed by atoms with Crippen LogP contribution in [0, 0.1) is 28.6 Å². The van der Waals surface area contributed by atoms with Gasteiger partial charge in [-0.3, -0.25) is 4.79 Å². The second kappa shape index (κ2) is 5.14. The molecule has 0 radical (unpaired) electrons. The molecule has 0 spiro atoms. The molecular formula is C13H19NO2S. The van der Waals surface area contributed by atoms with Crippen molar-refractivity contribution in [1.82, 2.24) is 0 Å². The Bertz CT molecular complexity index is 379. The molecule has 1 rings (SSSR count). The van der Waals surface area contributed by atoms with E-state index in [0.29, 0.717) is 10.2 Å². The van der Waals surface area contributed by atoms with Crippen LogP contribution in [-0.4, -0.2) is 18.3 Å². The summed E-state index contributed by atoms with van der Waals surface area (Å²) in [6, 6.07) is 2.19. The van der Waals surface area contributed by atoms with Crippen molar-refractivity contribution in [3.05, 3.63) is 11.0 Å². The van der Waals surface area contributed by atoms with Gasteiger partial charge in [-0.15, -0.1) is 11.8 Å². The summed E-state index contributed by atoms with van der Waals surface area (Å²) < 4.78 is 4.78. The molecule has 0 unspecified atom stereocenters. The zero-order chi connectivity index (χ0) is 13.2. The van der Waals surface area contributed by atoms with E-state index in [1.807, 2.05) is 33.8 Å². The van der Waals surface area contributed by atoms with Gasteiger partial charge in [0.15, 0.2) is 0 Å². The fourth-order valence-corrected chi connectivity index (χ4v) is 2.87. The lowest BCUT2D eigenvalue weighted by Crippen LogP contribution is -2.07. The van der Waals surface area contributed by atoms with E-state index in [9.17, 15) is 4.79 Å². The molecule has 1 saturated carbocycles. The Balaban J connectivity index is 2.79. The summed E-state index contributed by atoms with van der Waals surface area (Å²) in [6.45, 7) is 8.16. The van der Waals surface area contributed by atoms with Crippen molar-refractivity contribution in [1.29, 1.82) is 5.26 Å². The zero-order valence-electron chi connectivity index (χ0n) is 11.0. The number of rotatable bonds is 4. The third kappa shape index (κ3) is 3.04. The van der Waals surface area contributed by atoms with Crippen LogP contribution in [0.4, 0.5) is 0 Å². The number of hydrogen-bond acceptors (Lipinski definition) is 4. The van der Waals surface area contributed by atoms with Gasteiger partial charge in [-0.05, 0) is 11.3 Å². The van der Waals surface area contributed by atoms with E-state index in [0.717, 1.165) is 0 Å². The molecule has 1 fully saturated rings. The third-order valence-corrected chi connectivity index (χ3v) is 4.12. The van der Waals surface area contributed by atoms with E-state index in [4.69, 9.17) is 10.00 Å². The van der Waals surface area contributed by atoms with Crippen LogP contribution >= 0.6 is 11.8 Å². The molecule has 0 amide bonds. The summed E-state index contributed by atoms with van der Waals surface area (Å²) in [5, 5.41) is 9.42. The van der Waals surface area contributed by atoms with Crippen molar-refractivity contribution in [2.75, 3.05) is 7.11 Å². The van der Waals surface area contributed by atoms with Crippen molar-refractivity contribution in [2.24, 2.45) is 17.3 Å². The summed E-state index contributed by atoms with van der Waals surface area (Å²) in [4.78, 5) is 12.2. The van der Waals surface area contributed by atoms with Crippen LogP contribution in [0.2, 0.25) is 0 Å². The van der Waals surface area contributed by atoms with E-state index in [1.165, 1.54) is 18.9 Å². The highest BCUT2D eigenvalue weighted by Gasteiger charge is 2.61. The monoisotopic (exact) mass is 253 g/mol. The number of methoxy groups -OCH3 is 1. The largest absolute Gasteiger partial charge is 0.469 e. The number of carbonyl (C=O) groups is 1. The molecule has 94 valence electrons. The van der Waals surface area contributed by atoms with Crippen LogP contribution in [0.3, 0.4) is 0 Å². The Hall–Kier alpha value is -0.950. The highest BCUT2D eigenvalue weighted by atomic mass is 32.2. The predicted octanol–water partition coefficient (Wildman–Crippen LogP) is 2.98. The third-order valence-electron chi connectivity index (χ3n) is 3.17. The summed E-state index contributed by atoms with van der Waals surface area (Å²) in [7, 11) is 1.41. The van der Waals surface area contributed by atoms with Gasteiger partial charge >= 0.3 is 5.97 Å². The molecule has 2 atom stereocenters. The normalized spacial score (nSPS) is 26.5. The van der Waals surface area contributed by atoms with Gasteiger partial charge in [0, 0.05) is 5.25 Å². The fourth-order valence-electron chi connectivity index (χ4n) is 2.09. The lowest BCUT2D eigenvalue weighted by atomic mass is 10.1. The first-order valence-electron chi connectivity index (χ1n) is 5.71. The fraction of sp³-hybridized carbons (Fsp3) is 0.692. The Morgan fingerprint density at radius 3 is 2.53 bits per heavy atom. The second-order valence-corrected chi connectivity index (χ2v) is 6.78. The van der Waals surface area contributed by atoms with Gasteiger partial charge in [0.25, 0.3) is 0 Å². The summed E-state index contributed by atoms with van der Waals surface area (Å²) in [5.74, 6) is -0.164. The number of nitriles is 1. The van der Waals surface area contributed by atoms with Gasteiger partial charge in [0.05, 0.1) is 17.9 Å². The van der Waals surface area contributed by atoms with Crippen molar-refractivity contribution in [2.45, 2.75) is 32.9 Å². The van der Waals surface area contributed by atoms with Crippen molar-refractivity contribution in [3.63, 3.8) is 0 Å². The van der Waals surface area contributed by atoms with Crippen molar-refractivity contribution < 1.29 is 9.53 Å². The molecule has 0 aliphatic heterocycles. The first-order valence-corrected chi connectivity index (χ1v) is 6.59. The van der Waals surface area contributed by atoms with E-state index in [1.54, 1.807) is 0 Å². The van der Waals surface area contributed by atoms with Crippen LogP contribution in [0.5, 0.6) is 0 Å². The molecule has 0 aromatic carbocycles.